The third kappa shape index (κ3) is 2.57. The van der Waals surface area contributed by atoms with Crippen LogP contribution in [0.2, 0.25) is 0 Å². The molecule has 1 aliphatic rings. The molecular weight excluding hydrogens is 222 g/mol. The molecule has 1 nitrogen and oxygen atoms in total. The zero-order valence-corrected chi connectivity index (χ0v) is 10.3. The number of terminal acetylenes is 1. The summed E-state index contributed by atoms with van der Waals surface area (Å²) in [5.74, 6) is 5.07. The first-order valence-electron chi connectivity index (χ1n) is 5.19. The fourth-order valence-corrected chi connectivity index (χ4v) is 4.15. The molecule has 1 aliphatic heterocycles. The maximum Gasteiger partial charge on any atom is 0.0399 e. The topological polar surface area (TPSA) is 26.0 Å². The van der Waals surface area contributed by atoms with Gasteiger partial charge in [0.1, 0.15) is 0 Å². The first-order valence-corrected chi connectivity index (χ1v) is 7.16. The Morgan fingerprint density at radius 1 is 1.60 bits per heavy atom. The highest BCUT2D eigenvalue weighted by Crippen LogP contribution is 2.34. The normalized spacial score (nSPS) is 16.8. The Labute approximate surface area is 99.4 Å². The number of thiophene rings is 1. The number of thioether (sulfide) groups is 1. The van der Waals surface area contributed by atoms with Gasteiger partial charge in [0.15, 0.2) is 0 Å². The molecule has 0 saturated heterocycles. The van der Waals surface area contributed by atoms with E-state index in [4.69, 9.17) is 12.2 Å². The molecular formula is C12H15NS2. The van der Waals surface area contributed by atoms with Crippen molar-refractivity contribution in [3.63, 3.8) is 0 Å². The first kappa shape index (κ1) is 11.1. The van der Waals surface area contributed by atoms with E-state index in [1.165, 1.54) is 22.6 Å². The lowest BCUT2D eigenvalue weighted by Crippen LogP contribution is -2.07. The fourth-order valence-electron chi connectivity index (χ4n) is 1.73. The Balaban J connectivity index is 2.09. The van der Waals surface area contributed by atoms with Crippen LogP contribution in [0.25, 0.3) is 0 Å². The maximum atomic E-state index is 6.10. The summed E-state index contributed by atoms with van der Waals surface area (Å²) in [7, 11) is 0. The Bertz CT molecular complexity index is 352. The van der Waals surface area contributed by atoms with Gasteiger partial charge in [0.05, 0.1) is 0 Å². The van der Waals surface area contributed by atoms with Crippen LogP contribution in [-0.4, -0.2) is 5.75 Å². The van der Waals surface area contributed by atoms with Crippen LogP contribution < -0.4 is 5.73 Å². The van der Waals surface area contributed by atoms with Gasteiger partial charge in [-0.1, -0.05) is 0 Å². The summed E-state index contributed by atoms with van der Waals surface area (Å²) >= 11 is 3.90. The Morgan fingerprint density at radius 3 is 3.20 bits per heavy atom. The molecule has 2 N–H and O–H groups in total. The summed E-state index contributed by atoms with van der Waals surface area (Å²) < 4.78 is 0. The molecule has 0 bridgehead atoms. The van der Waals surface area contributed by atoms with E-state index >= 15 is 0 Å². The van der Waals surface area contributed by atoms with Crippen LogP contribution in [0.1, 0.15) is 34.2 Å². The number of rotatable bonds is 3. The van der Waals surface area contributed by atoms with Crippen molar-refractivity contribution >= 4 is 23.1 Å². The van der Waals surface area contributed by atoms with E-state index in [-0.39, 0.29) is 6.04 Å². The van der Waals surface area contributed by atoms with Crippen molar-refractivity contribution in [2.24, 2.45) is 5.73 Å². The van der Waals surface area contributed by atoms with Gasteiger partial charge >= 0.3 is 0 Å². The third-order valence-corrected chi connectivity index (χ3v) is 4.99. The number of nitrogens with two attached hydrogens (primary N) is 1. The molecule has 1 atom stereocenters. The van der Waals surface area contributed by atoms with Gasteiger partial charge < -0.3 is 5.73 Å². The SMILES string of the molecule is C#CCCC(N)c1cc2c(s1)CCSC2. The van der Waals surface area contributed by atoms with Gasteiger partial charge in [-0.3, -0.25) is 0 Å². The maximum absolute atomic E-state index is 6.10. The van der Waals surface area contributed by atoms with Crippen LogP contribution >= 0.6 is 23.1 Å². The van der Waals surface area contributed by atoms with Gasteiger partial charge in [-0.25, -0.2) is 0 Å². The van der Waals surface area contributed by atoms with Crippen LogP contribution in [0.15, 0.2) is 6.07 Å². The van der Waals surface area contributed by atoms with Crippen LogP contribution in [0, 0.1) is 12.3 Å². The second kappa shape index (κ2) is 5.07. The average Bonchev–Trinajstić information content (AvgIpc) is 2.69. The number of fused-ring (bicyclic) bond motifs is 1. The quantitative estimate of drug-likeness (QED) is 0.818. The molecule has 15 heavy (non-hydrogen) atoms. The van der Waals surface area contributed by atoms with Crippen LogP contribution in [0.3, 0.4) is 0 Å². The van der Waals surface area contributed by atoms with Gasteiger partial charge in [-0.05, 0) is 30.2 Å². The van der Waals surface area contributed by atoms with Crippen molar-refractivity contribution in [3.8, 4) is 12.3 Å². The molecule has 0 saturated carbocycles. The van der Waals surface area contributed by atoms with E-state index in [1.807, 2.05) is 23.1 Å². The summed E-state index contributed by atoms with van der Waals surface area (Å²) in [6, 6.07) is 2.43. The molecule has 2 heterocycles. The average molecular weight is 237 g/mol. The number of hydrogen-bond acceptors (Lipinski definition) is 3. The summed E-state index contributed by atoms with van der Waals surface area (Å²) in [6.45, 7) is 0. The van der Waals surface area contributed by atoms with Gasteiger partial charge in [0, 0.05) is 28.0 Å². The lowest BCUT2D eigenvalue weighted by Gasteiger charge is -2.08. The molecule has 0 radical (unpaired) electrons. The highest BCUT2D eigenvalue weighted by atomic mass is 32.2. The molecule has 1 aromatic heterocycles. The van der Waals surface area contributed by atoms with Gasteiger partial charge in [-0.2, -0.15) is 11.8 Å². The first-order chi connectivity index (χ1) is 7.31. The standard InChI is InChI=1S/C12H15NS2/c1-2-3-4-10(13)12-7-9-8-14-6-5-11(9)15-12/h1,7,10H,3-6,8,13H2. The summed E-state index contributed by atoms with van der Waals surface area (Å²) in [4.78, 5) is 2.86. The van der Waals surface area contributed by atoms with Crippen molar-refractivity contribution < 1.29 is 0 Å². The minimum Gasteiger partial charge on any atom is -0.323 e. The molecule has 1 unspecified atom stereocenters. The molecule has 80 valence electrons. The van der Waals surface area contributed by atoms with Crippen LogP contribution in [0.5, 0.6) is 0 Å². The van der Waals surface area contributed by atoms with Gasteiger partial charge in [-0.15, -0.1) is 23.7 Å². The summed E-state index contributed by atoms with van der Waals surface area (Å²) in [6.07, 6.45) is 8.14. The highest BCUT2D eigenvalue weighted by molar-refractivity contribution is 7.98. The zero-order chi connectivity index (χ0) is 10.7. The third-order valence-electron chi connectivity index (χ3n) is 2.61. The Kier molecular flexibility index (Phi) is 3.74. The fraction of sp³-hybridized carbons (Fsp3) is 0.500. The lowest BCUT2D eigenvalue weighted by atomic mass is 10.1. The van der Waals surface area contributed by atoms with E-state index in [2.05, 4.69) is 12.0 Å². The molecule has 0 fully saturated rings. The highest BCUT2D eigenvalue weighted by Gasteiger charge is 2.16. The molecule has 0 amide bonds. The molecule has 0 aliphatic carbocycles. The molecule has 0 spiro atoms. The lowest BCUT2D eigenvalue weighted by molar-refractivity contribution is 0.679. The zero-order valence-electron chi connectivity index (χ0n) is 8.66. The Morgan fingerprint density at radius 2 is 2.47 bits per heavy atom. The number of aryl methyl sites for hydroxylation is 1. The van der Waals surface area contributed by atoms with E-state index in [1.54, 1.807) is 4.88 Å². The van der Waals surface area contributed by atoms with E-state index in [9.17, 15) is 0 Å². The summed E-state index contributed by atoms with van der Waals surface area (Å²) in [5.41, 5.74) is 7.60. The molecule has 0 aromatic carbocycles. The predicted molar refractivity (Wildman–Crippen MR) is 69.2 cm³/mol. The van der Waals surface area contributed by atoms with E-state index < -0.39 is 0 Å². The largest absolute Gasteiger partial charge is 0.323 e. The van der Waals surface area contributed by atoms with Crippen molar-refractivity contribution in [2.75, 3.05) is 5.75 Å². The van der Waals surface area contributed by atoms with Crippen molar-refractivity contribution in [1.29, 1.82) is 0 Å². The van der Waals surface area contributed by atoms with E-state index in [0.717, 1.165) is 18.6 Å². The molecule has 1 aromatic rings. The summed E-state index contributed by atoms with van der Waals surface area (Å²) in [5, 5.41) is 0. The van der Waals surface area contributed by atoms with Crippen molar-refractivity contribution in [3.05, 3.63) is 21.4 Å². The molecule has 2 rings (SSSR count). The van der Waals surface area contributed by atoms with Crippen LogP contribution in [-0.2, 0) is 12.2 Å². The molecule has 3 heteroatoms. The predicted octanol–water partition coefficient (Wildman–Crippen LogP) is 2.95. The van der Waals surface area contributed by atoms with Gasteiger partial charge in [0.2, 0.25) is 0 Å². The Hall–Kier alpha value is -0.430. The monoisotopic (exact) mass is 237 g/mol. The van der Waals surface area contributed by atoms with Crippen molar-refractivity contribution in [1.82, 2.24) is 0 Å². The minimum atomic E-state index is 0.140. The van der Waals surface area contributed by atoms with E-state index in [0.29, 0.717) is 0 Å². The smallest absolute Gasteiger partial charge is 0.0399 e. The van der Waals surface area contributed by atoms with Gasteiger partial charge in [0.25, 0.3) is 0 Å². The number of hydrogen-bond donors (Lipinski definition) is 1. The van der Waals surface area contributed by atoms with Crippen molar-refractivity contribution in [2.45, 2.75) is 31.1 Å². The second-order valence-electron chi connectivity index (χ2n) is 3.75. The second-order valence-corrected chi connectivity index (χ2v) is 6.02. The minimum absolute atomic E-state index is 0.140. The van der Waals surface area contributed by atoms with Crippen LogP contribution in [0.4, 0.5) is 0 Å².